The van der Waals surface area contributed by atoms with E-state index in [9.17, 15) is 20.4 Å². The predicted octanol–water partition coefficient (Wildman–Crippen LogP) is 4.12. The molecule has 4 rings (SSSR count). The van der Waals surface area contributed by atoms with Crippen molar-refractivity contribution in [1.82, 2.24) is 9.97 Å². The van der Waals surface area contributed by atoms with Crippen LogP contribution in [0.1, 0.15) is 22.5 Å². The third-order valence-electron chi connectivity index (χ3n) is 4.23. The zero-order valence-corrected chi connectivity index (χ0v) is 19.1. The van der Waals surface area contributed by atoms with Crippen molar-refractivity contribution < 1.29 is 36.9 Å². The average Bonchev–Trinajstić information content (AvgIpc) is 3.55. The summed E-state index contributed by atoms with van der Waals surface area (Å²) >= 11 is 0. The number of nitrogens with one attached hydrogen (secondary N) is 2. The van der Waals surface area contributed by atoms with Crippen molar-refractivity contribution in [3.05, 3.63) is 108 Å². The van der Waals surface area contributed by atoms with E-state index in [1.54, 1.807) is 48.8 Å². The van der Waals surface area contributed by atoms with Crippen molar-refractivity contribution in [3.8, 4) is 11.5 Å². The first-order valence-electron chi connectivity index (χ1n) is 9.98. The van der Waals surface area contributed by atoms with E-state index in [-0.39, 0.29) is 50.9 Å². The molecule has 0 bridgehead atoms. The number of aromatic nitrogens is 2. The smallest absolute Gasteiger partial charge is 0.242 e. The number of phenolic OH excluding ortho intramolecular Hbond substituents is 2. The molecule has 2 aromatic carbocycles. The van der Waals surface area contributed by atoms with Crippen LogP contribution in [0.4, 0.5) is 0 Å². The molecule has 10 nitrogen and oxygen atoms in total. The molecular formula is C24H22N6NiO4. The monoisotopic (exact) mass is 516 g/mol. The molecule has 0 radical (unpaired) electrons. The molecule has 0 amide bonds. The maximum atomic E-state index is 9.60. The molecule has 0 fully saturated rings. The van der Waals surface area contributed by atoms with Crippen LogP contribution in [0.5, 0.6) is 11.5 Å². The van der Waals surface area contributed by atoms with Crippen molar-refractivity contribution in [2.45, 2.75) is 0 Å². The summed E-state index contributed by atoms with van der Waals surface area (Å²) in [5.41, 5.74) is 2.05. The second-order valence-corrected chi connectivity index (χ2v) is 6.62. The number of aliphatic hydroxyl groups is 2. The Morgan fingerprint density at radius 2 is 1.00 bits per heavy atom. The third-order valence-corrected chi connectivity index (χ3v) is 4.23. The summed E-state index contributed by atoms with van der Waals surface area (Å²) in [7, 11) is 0. The minimum atomic E-state index is -0.328. The molecule has 0 saturated heterocycles. The van der Waals surface area contributed by atoms with Crippen molar-refractivity contribution >= 4 is 24.2 Å². The molecule has 182 valence electrons. The first-order chi connectivity index (χ1) is 16.5. The van der Waals surface area contributed by atoms with Crippen LogP contribution in [0.3, 0.4) is 0 Å². The van der Waals surface area contributed by atoms with Gasteiger partial charge < -0.3 is 30.4 Å². The Hall–Kier alpha value is -4.63. The first kappa shape index (κ1) is 26.6. The van der Waals surface area contributed by atoms with Gasteiger partial charge in [0, 0.05) is 28.9 Å². The maximum absolute atomic E-state index is 9.60. The topological polar surface area (TPSA) is 162 Å². The number of aromatic amines is 2. The fourth-order valence-corrected chi connectivity index (χ4v) is 2.57. The van der Waals surface area contributed by atoms with Gasteiger partial charge in [-0.2, -0.15) is 10.2 Å². The zero-order valence-electron chi connectivity index (χ0n) is 18.1. The molecule has 2 aromatic heterocycles. The molecule has 0 spiro atoms. The predicted molar refractivity (Wildman–Crippen MR) is 131 cm³/mol. The van der Waals surface area contributed by atoms with Gasteiger partial charge in [0.2, 0.25) is 11.8 Å². The molecule has 4 aromatic rings. The molecule has 0 saturated carbocycles. The number of para-hydroxylation sites is 2. The van der Waals surface area contributed by atoms with Crippen LogP contribution < -0.4 is 0 Å². The maximum Gasteiger partial charge on any atom is 0.242 e. The van der Waals surface area contributed by atoms with Gasteiger partial charge in [-0.25, -0.2) is 0 Å². The quantitative estimate of drug-likeness (QED) is 0.0983. The fourth-order valence-electron chi connectivity index (χ4n) is 2.57. The number of aromatic hydroxyl groups is 2. The van der Waals surface area contributed by atoms with Crippen LogP contribution in [0.15, 0.2) is 106 Å². The molecular weight excluding hydrogens is 495 g/mol. The third kappa shape index (κ3) is 8.34. The summed E-state index contributed by atoms with van der Waals surface area (Å²) < 4.78 is 0. The Morgan fingerprint density at radius 3 is 1.34 bits per heavy atom. The Bertz CT molecular complexity index is 1200. The van der Waals surface area contributed by atoms with E-state index in [0.29, 0.717) is 0 Å². The van der Waals surface area contributed by atoms with Gasteiger partial charge in [0.25, 0.3) is 0 Å². The number of nitrogens with zero attached hydrogens (tertiary/aromatic N) is 4. The molecule has 0 aliphatic heterocycles. The van der Waals surface area contributed by atoms with Crippen LogP contribution in [0.2, 0.25) is 0 Å². The van der Waals surface area contributed by atoms with E-state index in [4.69, 9.17) is 0 Å². The van der Waals surface area contributed by atoms with E-state index in [1.807, 2.05) is 24.3 Å². The van der Waals surface area contributed by atoms with Crippen molar-refractivity contribution in [3.63, 3.8) is 0 Å². The summed E-state index contributed by atoms with van der Waals surface area (Å²) in [5, 5.41) is 52.7. The summed E-state index contributed by atoms with van der Waals surface area (Å²) in [6, 6.07) is 20.0. The SMILES string of the molecule is O/C(=N\N=C\c1ccc[nH]1)c1ccccc1O.O/C(=N\N=C\c1ccc[nH]1)c1ccccc1O.[Ni]. The number of aliphatic hydroxyl groups excluding tert-OH is 2. The van der Waals surface area contributed by atoms with E-state index in [1.165, 1.54) is 24.6 Å². The molecule has 11 heteroatoms. The average molecular weight is 517 g/mol. The van der Waals surface area contributed by atoms with E-state index >= 15 is 0 Å². The van der Waals surface area contributed by atoms with Crippen LogP contribution in [0, 0.1) is 0 Å². The number of H-pyrrole nitrogens is 2. The Balaban J connectivity index is 0.000000240. The second-order valence-electron chi connectivity index (χ2n) is 6.62. The van der Waals surface area contributed by atoms with Gasteiger partial charge in [0.15, 0.2) is 0 Å². The van der Waals surface area contributed by atoms with Gasteiger partial charge in [-0.05, 0) is 48.5 Å². The van der Waals surface area contributed by atoms with Gasteiger partial charge >= 0.3 is 0 Å². The van der Waals surface area contributed by atoms with E-state index < -0.39 is 0 Å². The summed E-state index contributed by atoms with van der Waals surface area (Å²) in [6.45, 7) is 0. The Kier molecular flexibility index (Phi) is 10.5. The normalized spacial score (nSPS) is 11.8. The van der Waals surface area contributed by atoms with Crippen LogP contribution in [-0.2, 0) is 16.5 Å². The number of hydrogen-bond donors (Lipinski definition) is 6. The van der Waals surface area contributed by atoms with Gasteiger partial charge in [0.05, 0.1) is 34.9 Å². The van der Waals surface area contributed by atoms with E-state index in [2.05, 4.69) is 30.4 Å². The van der Waals surface area contributed by atoms with Crippen molar-refractivity contribution in [1.29, 1.82) is 0 Å². The molecule has 35 heavy (non-hydrogen) atoms. The van der Waals surface area contributed by atoms with Crippen LogP contribution in [0.25, 0.3) is 0 Å². The summed E-state index contributed by atoms with van der Waals surface area (Å²) in [4.78, 5) is 5.82. The number of hydrogen-bond acceptors (Lipinski definition) is 6. The first-order valence-corrected chi connectivity index (χ1v) is 9.98. The zero-order chi connectivity index (χ0) is 24.2. The molecule has 0 atom stereocenters. The van der Waals surface area contributed by atoms with Crippen molar-refractivity contribution in [2.24, 2.45) is 20.4 Å². The molecule has 0 aliphatic rings. The molecule has 0 unspecified atom stereocenters. The van der Waals surface area contributed by atoms with Crippen molar-refractivity contribution in [2.75, 3.05) is 0 Å². The number of benzene rings is 2. The molecule has 2 heterocycles. The van der Waals surface area contributed by atoms with Gasteiger partial charge in [0.1, 0.15) is 11.5 Å². The van der Waals surface area contributed by atoms with Gasteiger partial charge in [-0.15, -0.1) is 10.2 Å². The molecule has 0 aliphatic carbocycles. The largest absolute Gasteiger partial charge is 0.507 e. The van der Waals surface area contributed by atoms with Crippen LogP contribution >= 0.6 is 0 Å². The van der Waals surface area contributed by atoms with Crippen LogP contribution in [-0.4, -0.2) is 54.6 Å². The minimum Gasteiger partial charge on any atom is -0.507 e. The van der Waals surface area contributed by atoms with E-state index in [0.717, 1.165) is 11.4 Å². The van der Waals surface area contributed by atoms with Gasteiger partial charge in [-0.1, -0.05) is 24.3 Å². The summed E-state index contributed by atoms with van der Waals surface area (Å²) in [6.07, 6.45) is 6.45. The number of rotatable bonds is 6. The molecule has 6 N–H and O–H groups in total. The Morgan fingerprint density at radius 1 is 0.600 bits per heavy atom. The summed E-state index contributed by atoms with van der Waals surface area (Å²) in [5.74, 6) is -0.732. The standard InChI is InChI=1S/2C12H11N3O2.Ni/c2*16-11-6-2-1-5-10(11)12(17)15-14-8-9-4-3-7-13-9;/h2*1-8,13,16H,(H,15,17);/b2*14-8+;. The number of phenols is 2. The minimum absolute atomic E-state index is 0. The second kappa shape index (κ2) is 13.8. The fraction of sp³-hybridized carbons (Fsp3) is 0. The Labute approximate surface area is 210 Å². The van der Waals surface area contributed by atoms with Gasteiger partial charge in [-0.3, -0.25) is 0 Å².